The molecule has 1 saturated carbocycles. The fraction of sp³-hybridized carbons (Fsp3) is 0.400. The monoisotopic (exact) mass is 436 g/mol. The molecule has 2 atom stereocenters. The van der Waals surface area contributed by atoms with E-state index in [2.05, 4.69) is 10.6 Å². The van der Waals surface area contributed by atoms with Gasteiger partial charge in [-0.25, -0.2) is 4.79 Å². The number of hydrogen-bond donors (Lipinski definition) is 3. The molecular weight excluding hydrogens is 408 g/mol. The zero-order valence-corrected chi connectivity index (χ0v) is 18.3. The minimum absolute atomic E-state index is 0.0318. The summed E-state index contributed by atoms with van der Waals surface area (Å²) < 4.78 is 5.47. The van der Waals surface area contributed by atoms with Gasteiger partial charge in [-0.3, -0.25) is 9.59 Å². The van der Waals surface area contributed by atoms with Crippen molar-refractivity contribution in [2.75, 3.05) is 6.61 Å². The number of aliphatic carboxylic acids is 1. The third-order valence-electron chi connectivity index (χ3n) is 6.67. The molecule has 0 aromatic heterocycles. The van der Waals surface area contributed by atoms with E-state index < -0.39 is 30.4 Å². The minimum atomic E-state index is -1.19. The minimum Gasteiger partial charge on any atom is -0.481 e. The van der Waals surface area contributed by atoms with E-state index >= 15 is 0 Å². The van der Waals surface area contributed by atoms with Gasteiger partial charge in [0.25, 0.3) is 0 Å². The van der Waals surface area contributed by atoms with Gasteiger partial charge in [-0.1, -0.05) is 62.4 Å². The van der Waals surface area contributed by atoms with Crippen LogP contribution in [0.25, 0.3) is 11.1 Å². The summed E-state index contributed by atoms with van der Waals surface area (Å²) in [6.45, 7) is 4.19. The smallest absolute Gasteiger partial charge is 0.407 e. The average Bonchev–Trinajstić information content (AvgIpc) is 3.08. The number of carboxylic acids is 1. The van der Waals surface area contributed by atoms with Crippen LogP contribution in [-0.4, -0.2) is 41.8 Å². The second kappa shape index (κ2) is 8.65. The van der Waals surface area contributed by atoms with E-state index in [0.717, 1.165) is 35.1 Å². The van der Waals surface area contributed by atoms with E-state index in [1.54, 1.807) is 0 Å². The van der Waals surface area contributed by atoms with Crippen molar-refractivity contribution in [3.63, 3.8) is 0 Å². The van der Waals surface area contributed by atoms with Crippen molar-refractivity contribution in [2.24, 2.45) is 5.41 Å². The predicted octanol–water partition coefficient (Wildman–Crippen LogP) is 3.67. The van der Waals surface area contributed by atoms with Crippen LogP contribution in [0.4, 0.5) is 4.79 Å². The number of amides is 2. The van der Waals surface area contributed by atoms with Gasteiger partial charge in [0.15, 0.2) is 0 Å². The molecule has 4 rings (SSSR count). The van der Waals surface area contributed by atoms with Crippen LogP contribution >= 0.6 is 0 Å². The van der Waals surface area contributed by atoms with Crippen molar-refractivity contribution < 1.29 is 24.2 Å². The maximum Gasteiger partial charge on any atom is 0.407 e. The molecule has 7 nitrogen and oxygen atoms in total. The summed E-state index contributed by atoms with van der Waals surface area (Å²) in [5.74, 6) is -1.79. The first-order valence-corrected chi connectivity index (χ1v) is 10.9. The molecule has 2 aliphatic rings. The number of rotatable bonds is 7. The van der Waals surface area contributed by atoms with E-state index in [0.29, 0.717) is 0 Å². The van der Waals surface area contributed by atoms with Crippen LogP contribution in [0.5, 0.6) is 0 Å². The third-order valence-corrected chi connectivity index (χ3v) is 6.67. The first-order valence-electron chi connectivity index (χ1n) is 10.9. The number of ether oxygens (including phenoxy) is 1. The fourth-order valence-electron chi connectivity index (χ4n) is 4.57. The molecule has 2 aromatic rings. The Bertz CT molecular complexity index is 1000. The Morgan fingerprint density at radius 2 is 1.66 bits per heavy atom. The number of benzene rings is 2. The van der Waals surface area contributed by atoms with Gasteiger partial charge in [0.05, 0.1) is 6.42 Å². The molecule has 2 unspecified atom stereocenters. The molecule has 32 heavy (non-hydrogen) atoms. The summed E-state index contributed by atoms with van der Waals surface area (Å²) >= 11 is 0. The lowest BCUT2D eigenvalue weighted by Gasteiger charge is -2.45. The number of alkyl carbamates (subject to hydrolysis) is 1. The molecular formula is C25H28N2O5. The van der Waals surface area contributed by atoms with Gasteiger partial charge in [-0.05, 0) is 40.5 Å². The molecule has 1 fully saturated rings. The van der Waals surface area contributed by atoms with Gasteiger partial charge < -0.3 is 20.5 Å². The van der Waals surface area contributed by atoms with E-state index in [4.69, 9.17) is 4.74 Å². The molecule has 3 N–H and O–H groups in total. The van der Waals surface area contributed by atoms with E-state index in [1.165, 1.54) is 0 Å². The summed E-state index contributed by atoms with van der Waals surface area (Å²) in [5.41, 5.74) is 4.35. The van der Waals surface area contributed by atoms with Gasteiger partial charge in [-0.2, -0.15) is 0 Å². The Morgan fingerprint density at radius 3 is 2.16 bits per heavy atom. The molecule has 168 valence electrons. The van der Waals surface area contributed by atoms with E-state index in [9.17, 15) is 19.5 Å². The molecule has 2 amide bonds. The van der Waals surface area contributed by atoms with Crippen LogP contribution < -0.4 is 10.6 Å². The summed E-state index contributed by atoms with van der Waals surface area (Å²) in [5, 5.41) is 14.5. The zero-order chi connectivity index (χ0) is 22.9. The second-order valence-electron chi connectivity index (χ2n) is 9.21. The highest BCUT2D eigenvalue weighted by atomic mass is 16.5. The lowest BCUT2D eigenvalue weighted by Crippen LogP contribution is -2.57. The highest BCUT2D eigenvalue weighted by Gasteiger charge is 2.40. The molecule has 0 saturated heterocycles. The third kappa shape index (κ3) is 4.33. The van der Waals surface area contributed by atoms with Crippen molar-refractivity contribution in [3.05, 3.63) is 59.7 Å². The Morgan fingerprint density at radius 1 is 1.06 bits per heavy atom. The average molecular weight is 437 g/mol. The van der Waals surface area contributed by atoms with Gasteiger partial charge in [0.1, 0.15) is 12.6 Å². The number of fused-ring (bicyclic) bond motifs is 3. The van der Waals surface area contributed by atoms with Gasteiger partial charge in [0.2, 0.25) is 5.91 Å². The zero-order valence-electron chi connectivity index (χ0n) is 18.3. The van der Waals surface area contributed by atoms with E-state index in [-0.39, 0.29) is 24.0 Å². The van der Waals surface area contributed by atoms with E-state index in [1.807, 2.05) is 62.4 Å². The quantitative estimate of drug-likeness (QED) is 0.614. The van der Waals surface area contributed by atoms with Crippen LogP contribution in [-0.2, 0) is 14.3 Å². The topological polar surface area (TPSA) is 105 Å². The van der Waals surface area contributed by atoms with Crippen LogP contribution in [0.3, 0.4) is 0 Å². The van der Waals surface area contributed by atoms with Crippen LogP contribution in [0.15, 0.2) is 48.5 Å². The van der Waals surface area contributed by atoms with Crippen LogP contribution in [0.1, 0.15) is 50.2 Å². The van der Waals surface area contributed by atoms with Crippen LogP contribution in [0.2, 0.25) is 0 Å². The molecule has 2 aromatic carbocycles. The Hall–Kier alpha value is -3.35. The molecule has 0 heterocycles. The molecule has 0 aliphatic heterocycles. The van der Waals surface area contributed by atoms with Gasteiger partial charge in [0, 0.05) is 12.0 Å². The van der Waals surface area contributed by atoms with Crippen molar-refractivity contribution in [1.82, 2.24) is 10.6 Å². The van der Waals surface area contributed by atoms with Crippen molar-refractivity contribution in [3.8, 4) is 11.1 Å². The maximum atomic E-state index is 12.6. The number of nitrogens with one attached hydrogen (secondary N) is 2. The first kappa shape index (κ1) is 21.9. The highest BCUT2D eigenvalue weighted by Crippen LogP contribution is 2.44. The van der Waals surface area contributed by atoms with Gasteiger partial charge in [-0.15, -0.1) is 0 Å². The number of hydrogen-bond acceptors (Lipinski definition) is 4. The van der Waals surface area contributed by atoms with Crippen LogP contribution in [0, 0.1) is 5.41 Å². The first-order chi connectivity index (χ1) is 15.3. The largest absolute Gasteiger partial charge is 0.481 e. The lowest BCUT2D eigenvalue weighted by molar-refractivity contribution is -0.140. The normalized spacial score (nSPS) is 19.1. The SMILES string of the molecule is CC1(C)CCC1NC(=O)C(CC(=O)O)NC(=O)OCC1c2ccccc2-c2ccccc21. The summed E-state index contributed by atoms with van der Waals surface area (Å²) in [4.78, 5) is 36.4. The summed E-state index contributed by atoms with van der Waals surface area (Å²) in [7, 11) is 0. The predicted molar refractivity (Wildman–Crippen MR) is 119 cm³/mol. The highest BCUT2D eigenvalue weighted by molar-refractivity contribution is 5.89. The maximum absolute atomic E-state index is 12.6. The molecule has 0 radical (unpaired) electrons. The summed E-state index contributed by atoms with van der Waals surface area (Å²) in [6.07, 6.45) is 0.509. The number of carboxylic acid groups (broad SMARTS) is 1. The molecule has 7 heteroatoms. The number of carbonyl (C=O) groups excluding carboxylic acids is 2. The standard InChI is InChI=1S/C25H28N2O5/c1-25(2)12-11-21(25)27-23(30)20(13-22(28)29)26-24(31)32-14-19-17-9-5-3-7-15(17)16-8-4-6-10-18(16)19/h3-10,19-21H,11-14H2,1-2H3,(H,26,31)(H,27,30)(H,28,29). The molecule has 2 aliphatic carbocycles. The molecule has 0 bridgehead atoms. The Labute approximate surface area is 187 Å². The molecule has 0 spiro atoms. The number of carbonyl (C=O) groups is 3. The summed E-state index contributed by atoms with van der Waals surface area (Å²) in [6, 6.07) is 14.8. The Kier molecular flexibility index (Phi) is 5.91. The van der Waals surface area contributed by atoms with Crippen molar-refractivity contribution in [1.29, 1.82) is 0 Å². The van der Waals surface area contributed by atoms with Crippen molar-refractivity contribution in [2.45, 2.75) is 51.1 Å². The van der Waals surface area contributed by atoms with Gasteiger partial charge >= 0.3 is 12.1 Å². The lowest BCUT2D eigenvalue weighted by atomic mass is 9.67. The fourth-order valence-corrected chi connectivity index (χ4v) is 4.57. The van der Waals surface area contributed by atoms with Crippen molar-refractivity contribution >= 4 is 18.0 Å². The Balaban J connectivity index is 1.40. The second-order valence-corrected chi connectivity index (χ2v) is 9.21.